The fourth-order valence-corrected chi connectivity index (χ4v) is 2.53. The Morgan fingerprint density at radius 3 is 2.68 bits per heavy atom. The number of hydrogen-bond donors (Lipinski definition) is 1. The van der Waals surface area contributed by atoms with Gasteiger partial charge in [0.25, 0.3) is 0 Å². The van der Waals surface area contributed by atoms with Crippen LogP contribution in [0.3, 0.4) is 0 Å². The maximum absolute atomic E-state index is 11.9. The number of rotatable bonds is 6. The average Bonchev–Trinajstić information content (AvgIpc) is 2.44. The number of unbranched alkanes of at least 4 members (excludes halogenated alkanes) is 1. The van der Waals surface area contributed by atoms with Gasteiger partial charge in [0.1, 0.15) is 0 Å². The first-order valence-corrected chi connectivity index (χ1v) is 7.72. The van der Waals surface area contributed by atoms with E-state index >= 15 is 0 Å². The number of alkyl halides is 1. The Morgan fingerprint density at radius 1 is 1.05 bits per heavy atom. The van der Waals surface area contributed by atoms with Crippen LogP contribution >= 0.6 is 15.9 Å². The summed E-state index contributed by atoms with van der Waals surface area (Å²) in [6.45, 7) is 0.759. The maximum atomic E-state index is 11.9. The Labute approximate surface area is 122 Å². The van der Waals surface area contributed by atoms with E-state index in [0.717, 1.165) is 30.3 Å². The van der Waals surface area contributed by atoms with Crippen molar-refractivity contribution in [2.45, 2.75) is 19.3 Å². The number of benzene rings is 2. The van der Waals surface area contributed by atoms with Gasteiger partial charge in [0.2, 0.25) is 5.91 Å². The van der Waals surface area contributed by atoms with E-state index in [2.05, 4.69) is 39.4 Å². The summed E-state index contributed by atoms with van der Waals surface area (Å²) >= 11 is 3.38. The van der Waals surface area contributed by atoms with Gasteiger partial charge in [-0.1, -0.05) is 58.4 Å². The molecule has 0 saturated heterocycles. The monoisotopic (exact) mass is 319 g/mol. The molecule has 0 fully saturated rings. The number of nitrogens with one attached hydrogen (secondary N) is 1. The van der Waals surface area contributed by atoms with Crippen molar-refractivity contribution in [1.29, 1.82) is 0 Å². The third-order valence-electron chi connectivity index (χ3n) is 3.11. The van der Waals surface area contributed by atoms with Gasteiger partial charge in [-0.25, -0.2) is 0 Å². The molecular weight excluding hydrogens is 302 g/mol. The second-order valence-electron chi connectivity index (χ2n) is 4.56. The van der Waals surface area contributed by atoms with Crippen LogP contribution in [0, 0.1) is 0 Å². The lowest BCUT2D eigenvalue weighted by molar-refractivity contribution is -0.120. The quantitative estimate of drug-likeness (QED) is 0.638. The van der Waals surface area contributed by atoms with Crippen LogP contribution in [0.2, 0.25) is 0 Å². The molecule has 2 aromatic carbocycles. The van der Waals surface area contributed by atoms with E-state index in [1.165, 1.54) is 10.8 Å². The Balaban J connectivity index is 1.99. The smallest absolute Gasteiger partial charge is 0.224 e. The van der Waals surface area contributed by atoms with E-state index in [1.54, 1.807) is 0 Å². The molecule has 2 rings (SSSR count). The molecule has 19 heavy (non-hydrogen) atoms. The summed E-state index contributed by atoms with van der Waals surface area (Å²) in [7, 11) is 0. The van der Waals surface area contributed by atoms with E-state index in [4.69, 9.17) is 0 Å². The van der Waals surface area contributed by atoms with Crippen molar-refractivity contribution >= 4 is 32.6 Å². The average molecular weight is 320 g/mol. The molecule has 2 aromatic rings. The second kappa shape index (κ2) is 7.29. The summed E-state index contributed by atoms with van der Waals surface area (Å²) in [5, 5.41) is 6.32. The lowest BCUT2D eigenvalue weighted by Gasteiger charge is -2.07. The van der Waals surface area contributed by atoms with Crippen LogP contribution in [0.4, 0.5) is 0 Å². The molecule has 1 amide bonds. The van der Waals surface area contributed by atoms with E-state index in [-0.39, 0.29) is 5.91 Å². The zero-order valence-electron chi connectivity index (χ0n) is 10.9. The fourth-order valence-electron chi connectivity index (χ4n) is 2.13. The number of carbonyl (C=O) groups is 1. The second-order valence-corrected chi connectivity index (χ2v) is 5.35. The van der Waals surface area contributed by atoms with Crippen LogP contribution < -0.4 is 5.32 Å². The molecule has 0 radical (unpaired) electrons. The van der Waals surface area contributed by atoms with E-state index in [0.29, 0.717) is 6.42 Å². The highest BCUT2D eigenvalue weighted by Gasteiger charge is 2.05. The van der Waals surface area contributed by atoms with Crippen molar-refractivity contribution in [1.82, 2.24) is 5.32 Å². The summed E-state index contributed by atoms with van der Waals surface area (Å²) in [6, 6.07) is 14.3. The Morgan fingerprint density at radius 2 is 1.84 bits per heavy atom. The van der Waals surface area contributed by atoms with Gasteiger partial charge in [0, 0.05) is 11.9 Å². The molecule has 0 saturated carbocycles. The van der Waals surface area contributed by atoms with Crippen LogP contribution in [0.1, 0.15) is 18.4 Å². The number of fused-ring (bicyclic) bond motifs is 1. The van der Waals surface area contributed by atoms with Crippen molar-refractivity contribution < 1.29 is 4.79 Å². The fraction of sp³-hybridized carbons (Fsp3) is 0.312. The van der Waals surface area contributed by atoms with E-state index in [1.807, 2.05) is 24.3 Å². The molecule has 3 heteroatoms. The first-order chi connectivity index (χ1) is 9.31. The zero-order valence-corrected chi connectivity index (χ0v) is 12.4. The lowest BCUT2D eigenvalue weighted by Crippen LogP contribution is -2.26. The highest BCUT2D eigenvalue weighted by molar-refractivity contribution is 9.09. The number of carbonyl (C=O) groups excluding carboxylic acids is 1. The number of amides is 1. The SMILES string of the molecule is O=C(Cc1cccc2ccccc12)NCCCCBr. The Kier molecular flexibility index (Phi) is 5.40. The van der Waals surface area contributed by atoms with Gasteiger partial charge < -0.3 is 5.32 Å². The van der Waals surface area contributed by atoms with Crippen LogP contribution in [0.25, 0.3) is 10.8 Å². The van der Waals surface area contributed by atoms with Crippen molar-refractivity contribution in [3.05, 3.63) is 48.0 Å². The van der Waals surface area contributed by atoms with Gasteiger partial charge in [-0.2, -0.15) is 0 Å². The molecule has 1 N–H and O–H groups in total. The predicted molar refractivity (Wildman–Crippen MR) is 83.7 cm³/mol. The highest BCUT2D eigenvalue weighted by atomic mass is 79.9. The Hall–Kier alpha value is -1.35. The Bertz CT molecular complexity index is 548. The summed E-state index contributed by atoms with van der Waals surface area (Å²) in [5.74, 6) is 0.103. The van der Waals surface area contributed by atoms with Gasteiger partial charge in [0.15, 0.2) is 0 Å². The summed E-state index contributed by atoms with van der Waals surface area (Å²) in [6.07, 6.45) is 2.57. The van der Waals surface area contributed by atoms with E-state index in [9.17, 15) is 4.79 Å². The zero-order chi connectivity index (χ0) is 13.5. The van der Waals surface area contributed by atoms with E-state index < -0.39 is 0 Å². The third-order valence-corrected chi connectivity index (χ3v) is 3.67. The standard InChI is InChI=1S/C16H18BrNO/c17-10-3-4-11-18-16(19)12-14-8-5-7-13-6-1-2-9-15(13)14/h1-2,5-9H,3-4,10-12H2,(H,18,19). The van der Waals surface area contributed by atoms with Gasteiger partial charge in [-0.15, -0.1) is 0 Å². The summed E-state index contributed by atoms with van der Waals surface area (Å²) in [5.41, 5.74) is 1.09. The summed E-state index contributed by atoms with van der Waals surface area (Å²) in [4.78, 5) is 11.9. The molecule has 0 spiro atoms. The van der Waals surface area contributed by atoms with Crippen LogP contribution in [0.15, 0.2) is 42.5 Å². The molecule has 0 aromatic heterocycles. The highest BCUT2D eigenvalue weighted by Crippen LogP contribution is 2.18. The normalized spacial score (nSPS) is 10.6. The molecule has 100 valence electrons. The molecule has 2 nitrogen and oxygen atoms in total. The largest absolute Gasteiger partial charge is 0.356 e. The molecule has 0 aliphatic rings. The minimum atomic E-state index is 0.103. The van der Waals surface area contributed by atoms with Gasteiger partial charge in [0.05, 0.1) is 6.42 Å². The molecule has 0 atom stereocenters. The van der Waals surface area contributed by atoms with Crippen LogP contribution in [-0.2, 0) is 11.2 Å². The van der Waals surface area contributed by atoms with Crippen molar-refractivity contribution in [2.24, 2.45) is 0 Å². The van der Waals surface area contributed by atoms with Crippen molar-refractivity contribution in [2.75, 3.05) is 11.9 Å². The number of halogens is 1. The molecule has 0 unspecified atom stereocenters. The maximum Gasteiger partial charge on any atom is 0.224 e. The van der Waals surface area contributed by atoms with Crippen LogP contribution in [-0.4, -0.2) is 17.8 Å². The topological polar surface area (TPSA) is 29.1 Å². The van der Waals surface area contributed by atoms with Crippen molar-refractivity contribution in [3.8, 4) is 0 Å². The van der Waals surface area contributed by atoms with Crippen LogP contribution in [0.5, 0.6) is 0 Å². The first kappa shape index (κ1) is 14.1. The summed E-state index contributed by atoms with van der Waals surface area (Å²) < 4.78 is 0. The van der Waals surface area contributed by atoms with Gasteiger partial charge in [-0.3, -0.25) is 4.79 Å². The minimum absolute atomic E-state index is 0.103. The minimum Gasteiger partial charge on any atom is -0.356 e. The molecular formula is C16H18BrNO. The number of hydrogen-bond acceptors (Lipinski definition) is 1. The molecule has 0 aliphatic carbocycles. The molecule has 0 aliphatic heterocycles. The first-order valence-electron chi connectivity index (χ1n) is 6.60. The van der Waals surface area contributed by atoms with Gasteiger partial charge in [-0.05, 0) is 29.2 Å². The van der Waals surface area contributed by atoms with Gasteiger partial charge >= 0.3 is 0 Å². The molecule has 0 heterocycles. The predicted octanol–water partition coefficient (Wildman–Crippen LogP) is 3.67. The molecule has 0 bridgehead atoms. The lowest BCUT2D eigenvalue weighted by atomic mass is 10.0. The van der Waals surface area contributed by atoms with Crippen molar-refractivity contribution in [3.63, 3.8) is 0 Å². The third kappa shape index (κ3) is 4.06.